The minimum atomic E-state index is -0.857. The fourth-order valence-electron chi connectivity index (χ4n) is 1.33. The van der Waals surface area contributed by atoms with Crippen LogP contribution >= 0.6 is 11.3 Å². The number of benzene rings is 1. The van der Waals surface area contributed by atoms with Gasteiger partial charge in [-0.1, -0.05) is 0 Å². The summed E-state index contributed by atoms with van der Waals surface area (Å²) in [5.74, 6) is -0.186. The Morgan fingerprint density at radius 1 is 1.35 bits per heavy atom. The maximum absolute atomic E-state index is 10.3. The van der Waals surface area contributed by atoms with E-state index in [0.717, 1.165) is 11.3 Å². The molecule has 0 saturated heterocycles. The topological polar surface area (TPSA) is 59.4 Å². The van der Waals surface area contributed by atoms with Crippen LogP contribution in [0.15, 0.2) is 35.2 Å². The molecule has 1 N–H and O–H groups in total. The first-order valence-electron chi connectivity index (χ1n) is 5.09. The number of hydrogen-bond donors (Lipinski definition) is 1. The number of aromatic nitrogens is 1. The summed E-state index contributed by atoms with van der Waals surface area (Å²) >= 11 is 1.55. The van der Waals surface area contributed by atoms with E-state index >= 15 is 0 Å². The van der Waals surface area contributed by atoms with E-state index in [0.29, 0.717) is 5.75 Å². The molecule has 0 spiro atoms. The van der Waals surface area contributed by atoms with Crippen molar-refractivity contribution >= 4 is 17.3 Å². The highest BCUT2D eigenvalue weighted by atomic mass is 32.1. The standard InChI is InChI=1S/C12H11NO3S/c14-12(15)5-6-16-10-3-1-9(2-4-10)11-7-17-8-13-11/h1-4,7-8H,5-6H2,(H,14,15). The van der Waals surface area contributed by atoms with Gasteiger partial charge in [0.15, 0.2) is 0 Å². The molecule has 1 heterocycles. The lowest BCUT2D eigenvalue weighted by Gasteiger charge is -2.04. The first kappa shape index (κ1) is 11.6. The molecule has 0 bridgehead atoms. The van der Waals surface area contributed by atoms with Crippen molar-refractivity contribution in [1.29, 1.82) is 0 Å². The number of ether oxygens (including phenoxy) is 1. The van der Waals surface area contributed by atoms with E-state index in [2.05, 4.69) is 4.98 Å². The summed E-state index contributed by atoms with van der Waals surface area (Å²) in [5, 5.41) is 10.4. The zero-order valence-electron chi connectivity index (χ0n) is 9.00. The molecule has 4 nitrogen and oxygen atoms in total. The third-order valence-corrected chi connectivity index (χ3v) is 2.75. The fraction of sp³-hybridized carbons (Fsp3) is 0.167. The van der Waals surface area contributed by atoms with E-state index in [9.17, 15) is 4.79 Å². The molecule has 0 unspecified atom stereocenters. The predicted octanol–water partition coefficient (Wildman–Crippen LogP) is 2.66. The molecule has 2 aromatic rings. The second-order valence-corrected chi connectivity index (χ2v) is 4.11. The average molecular weight is 249 g/mol. The lowest BCUT2D eigenvalue weighted by Crippen LogP contribution is -2.04. The Labute approximate surface area is 103 Å². The van der Waals surface area contributed by atoms with Crippen molar-refractivity contribution in [1.82, 2.24) is 4.98 Å². The van der Waals surface area contributed by atoms with Crippen LogP contribution in [0.1, 0.15) is 6.42 Å². The number of thiazole rings is 1. The highest BCUT2D eigenvalue weighted by molar-refractivity contribution is 7.07. The van der Waals surface area contributed by atoms with Crippen molar-refractivity contribution in [2.24, 2.45) is 0 Å². The third kappa shape index (κ3) is 3.29. The monoisotopic (exact) mass is 249 g/mol. The Morgan fingerprint density at radius 3 is 2.71 bits per heavy atom. The molecular weight excluding hydrogens is 238 g/mol. The molecule has 88 valence electrons. The zero-order chi connectivity index (χ0) is 12.1. The molecule has 0 aliphatic heterocycles. The molecule has 0 atom stereocenters. The quantitative estimate of drug-likeness (QED) is 0.885. The van der Waals surface area contributed by atoms with E-state index in [1.165, 1.54) is 0 Å². The van der Waals surface area contributed by atoms with E-state index in [1.807, 2.05) is 29.6 Å². The van der Waals surface area contributed by atoms with Crippen LogP contribution in [-0.4, -0.2) is 22.7 Å². The van der Waals surface area contributed by atoms with Crippen LogP contribution in [0.2, 0.25) is 0 Å². The van der Waals surface area contributed by atoms with Crippen molar-refractivity contribution in [3.05, 3.63) is 35.2 Å². The first-order valence-corrected chi connectivity index (χ1v) is 6.03. The van der Waals surface area contributed by atoms with Gasteiger partial charge in [-0.15, -0.1) is 11.3 Å². The average Bonchev–Trinajstić information content (AvgIpc) is 2.83. The maximum Gasteiger partial charge on any atom is 0.306 e. The van der Waals surface area contributed by atoms with Crippen molar-refractivity contribution < 1.29 is 14.6 Å². The molecule has 0 fully saturated rings. The minimum absolute atomic E-state index is 0.00778. The van der Waals surface area contributed by atoms with E-state index < -0.39 is 5.97 Å². The van der Waals surface area contributed by atoms with E-state index in [1.54, 1.807) is 16.8 Å². The largest absolute Gasteiger partial charge is 0.493 e. The number of rotatable bonds is 5. The van der Waals surface area contributed by atoms with Crippen molar-refractivity contribution in [3.8, 4) is 17.0 Å². The second-order valence-electron chi connectivity index (χ2n) is 3.39. The minimum Gasteiger partial charge on any atom is -0.493 e. The molecule has 0 amide bonds. The molecule has 2 rings (SSSR count). The van der Waals surface area contributed by atoms with Crippen molar-refractivity contribution in [2.75, 3.05) is 6.61 Å². The Morgan fingerprint density at radius 2 is 2.12 bits per heavy atom. The summed E-state index contributed by atoms with van der Waals surface area (Å²) in [6.45, 7) is 0.186. The number of aliphatic carboxylic acids is 1. The van der Waals surface area contributed by atoms with Crippen LogP contribution in [0.4, 0.5) is 0 Å². The van der Waals surface area contributed by atoms with Gasteiger partial charge >= 0.3 is 5.97 Å². The normalized spacial score (nSPS) is 10.1. The van der Waals surface area contributed by atoms with Gasteiger partial charge in [0.25, 0.3) is 0 Å². The molecule has 5 heteroatoms. The van der Waals surface area contributed by atoms with Gasteiger partial charge in [0.05, 0.1) is 24.2 Å². The maximum atomic E-state index is 10.3. The van der Waals surface area contributed by atoms with E-state index in [4.69, 9.17) is 9.84 Å². The highest BCUT2D eigenvalue weighted by Gasteiger charge is 2.01. The summed E-state index contributed by atoms with van der Waals surface area (Å²) in [6.07, 6.45) is 0.00778. The molecule has 0 saturated carbocycles. The molecule has 1 aromatic heterocycles. The number of carboxylic acid groups (broad SMARTS) is 1. The Kier molecular flexibility index (Phi) is 3.72. The van der Waals surface area contributed by atoms with Gasteiger partial charge < -0.3 is 9.84 Å². The van der Waals surface area contributed by atoms with Gasteiger partial charge in [0.2, 0.25) is 0 Å². The van der Waals surface area contributed by atoms with Crippen LogP contribution in [-0.2, 0) is 4.79 Å². The Hall–Kier alpha value is -1.88. The smallest absolute Gasteiger partial charge is 0.306 e. The molecule has 1 aromatic carbocycles. The van der Waals surface area contributed by atoms with Crippen LogP contribution < -0.4 is 4.74 Å². The Balaban J connectivity index is 1.96. The Bertz CT molecular complexity index is 479. The van der Waals surface area contributed by atoms with Crippen LogP contribution in [0.5, 0.6) is 5.75 Å². The van der Waals surface area contributed by atoms with Crippen LogP contribution in [0.3, 0.4) is 0 Å². The third-order valence-electron chi connectivity index (χ3n) is 2.17. The number of carboxylic acids is 1. The van der Waals surface area contributed by atoms with Gasteiger partial charge in [-0.3, -0.25) is 4.79 Å². The van der Waals surface area contributed by atoms with Crippen molar-refractivity contribution in [2.45, 2.75) is 6.42 Å². The SMILES string of the molecule is O=C(O)CCOc1ccc(-c2cscn2)cc1. The number of carbonyl (C=O) groups is 1. The van der Waals surface area contributed by atoms with Gasteiger partial charge in [-0.05, 0) is 24.3 Å². The molecular formula is C12H11NO3S. The molecule has 0 radical (unpaired) electrons. The van der Waals surface area contributed by atoms with Gasteiger partial charge in [-0.25, -0.2) is 4.98 Å². The summed E-state index contributed by atoms with van der Waals surface area (Å²) in [7, 11) is 0. The lowest BCUT2D eigenvalue weighted by atomic mass is 10.2. The lowest BCUT2D eigenvalue weighted by molar-refractivity contribution is -0.137. The first-order chi connectivity index (χ1) is 8.25. The van der Waals surface area contributed by atoms with Crippen molar-refractivity contribution in [3.63, 3.8) is 0 Å². The summed E-state index contributed by atoms with van der Waals surface area (Å²) < 4.78 is 5.29. The summed E-state index contributed by atoms with van der Waals surface area (Å²) in [4.78, 5) is 14.5. The number of hydrogen-bond acceptors (Lipinski definition) is 4. The molecule has 0 aliphatic rings. The summed E-state index contributed by atoms with van der Waals surface area (Å²) in [6, 6.07) is 7.45. The summed E-state index contributed by atoms with van der Waals surface area (Å²) in [5.41, 5.74) is 3.75. The predicted molar refractivity (Wildman–Crippen MR) is 65.3 cm³/mol. The van der Waals surface area contributed by atoms with Crippen LogP contribution in [0, 0.1) is 0 Å². The highest BCUT2D eigenvalue weighted by Crippen LogP contribution is 2.22. The fourth-order valence-corrected chi connectivity index (χ4v) is 1.89. The number of nitrogens with zero attached hydrogens (tertiary/aromatic N) is 1. The van der Waals surface area contributed by atoms with Gasteiger partial charge in [0.1, 0.15) is 5.75 Å². The second kappa shape index (κ2) is 5.45. The molecule has 0 aliphatic carbocycles. The van der Waals surface area contributed by atoms with Gasteiger partial charge in [0, 0.05) is 10.9 Å². The zero-order valence-corrected chi connectivity index (χ0v) is 9.81. The molecule has 17 heavy (non-hydrogen) atoms. The van der Waals surface area contributed by atoms with Crippen LogP contribution in [0.25, 0.3) is 11.3 Å². The van der Waals surface area contributed by atoms with Gasteiger partial charge in [-0.2, -0.15) is 0 Å². The van der Waals surface area contributed by atoms with E-state index in [-0.39, 0.29) is 13.0 Å².